The van der Waals surface area contributed by atoms with Gasteiger partial charge >= 0.3 is 0 Å². The molecule has 0 bridgehead atoms. The minimum atomic E-state index is 0.438. The molecule has 0 saturated heterocycles. The molecule has 84 valence electrons. The highest BCUT2D eigenvalue weighted by Crippen LogP contribution is 2.36. The fourth-order valence-electron chi connectivity index (χ4n) is 2.11. The topological polar surface area (TPSA) is 53.0 Å². The Balaban J connectivity index is 2.12. The van der Waals surface area contributed by atoms with Gasteiger partial charge in [0.05, 0.1) is 11.6 Å². The van der Waals surface area contributed by atoms with E-state index in [2.05, 4.69) is 18.0 Å². The summed E-state index contributed by atoms with van der Waals surface area (Å²) >= 11 is 0. The first-order valence-corrected chi connectivity index (χ1v) is 5.69. The number of nitrogens with two attached hydrogens (primary N) is 1. The lowest BCUT2D eigenvalue weighted by Crippen LogP contribution is -2.39. The van der Waals surface area contributed by atoms with E-state index in [-0.39, 0.29) is 0 Å². The van der Waals surface area contributed by atoms with E-state index in [9.17, 15) is 0 Å². The zero-order valence-electron chi connectivity index (χ0n) is 9.56. The number of hydrogen-bond acceptors (Lipinski definition) is 3. The molecule has 0 amide bonds. The largest absolute Gasteiger partial charge is 0.370 e. The van der Waals surface area contributed by atoms with Crippen molar-refractivity contribution in [2.75, 3.05) is 18.5 Å². The van der Waals surface area contributed by atoms with E-state index in [1.54, 1.807) is 0 Å². The van der Waals surface area contributed by atoms with E-state index < -0.39 is 0 Å². The predicted octanol–water partition coefficient (Wildman–Crippen LogP) is 1.73. The highest BCUT2D eigenvalue weighted by molar-refractivity contribution is 5.50. The van der Waals surface area contributed by atoms with E-state index in [1.165, 1.54) is 12.8 Å². The molecule has 1 atom stereocenters. The van der Waals surface area contributed by atoms with Crippen LogP contribution in [0.4, 0.5) is 5.69 Å². The van der Waals surface area contributed by atoms with Crippen molar-refractivity contribution in [2.24, 2.45) is 11.7 Å². The Morgan fingerprint density at radius 1 is 1.44 bits per heavy atom. The molecule has 2 rings (SSSR count). The van der Waals surface area contributed by atoms with Gasteiger partial charge in [-0.05, 0) is 43.0 Å². The van der Waals surface area contributed by atoms with Crippen molar-refractivity contribution in [3.05, 3.63) is 29.8 Å². The van der Waals surface area contributed by atoms with Crippen LogP contribution in [-0.4, -0.2) is 19.6 Å². The van der Waals surface area contributed by atoms with Gasteiger partial charge in [0.15, 0.2) is 0 Å². The van der Waals surface area contributed by atoms with Gasteiger partial charge < -0.3 is 10.6 Å². The van der Waals surface area contributed by atoms with Crippen LogP contribution in [-0.2, 0) is 0 Å². The van der Waals surface area contributed by atoms with E-state index in [4.69, 9.17) is 11.0 Å². The minimum Gasteiger partial charge on any atom is -0.370 e. The average Bonchev–Trinajstić information content (AvgIpc) is 3.14. The van der Waals surface area contributed by atoms with E-state index >= 15 is 0 Å². The summed E-state index contributed by atoms with van der Waals surface area (Å²) in [6, 6.07) is 10.3. The summed E-state index contributed by atoms with van der Waals surface area (Å²) in [7, 11) is 2.08. The molecule has 1 aromatic rings. The zero-order valence-corrected chi connectivity index (χ0v) is 9.56. The molecular weight excluding hydrogens is 198 g/mol. The van der Waals surface area contributed by atoms with Crippen LogP contribution in [0, 0.1) is 17.2 Å². The third kappa shape index (κ3) is 2.17. The van der Waals surface area contributed by atoms with Crippen molar-refractivity contribution in [2.45, 2.75) is 18.9 Å². The molecule has 2 N–H and O–H groups in total. The van der Waals surface area contributed by atoms with Gasteiger partial charge in [0.2, 0.25) is 0 Å². The quantitative estimate of drug-likeness (QED) is 0.832. The molecule has 0 aromatic heterocycles. The number of hydrogen-bond donors (Lipinski definition) is 1. The molecule has 1 unspecified atom stereocenters. The maximum Gasteiger partial charge on any atom is 0.0991 e. The third-order valence-electron chi connectivity index (χ3n) is 3.31. The lowest BCUT2D eigenvalue weighted by Gasteiger charge is -2.29. The van der Waals surface area contributed by atoms with Crippen molar-refractivity contribution >= 4 is 5.69 Å². The predicted molar refractivity (Wildman–Crippen MR) is 65.1 cm³/mol. The third-order valence-corrected chi connectivity index (χ3v) is 3.31. The Kier molecular flexibility index (Phi) is 3.12. The summed E-state index contributed by atoms with van der Waals surface area (Å²) in [5.74, 6) is 0.755. The van der Waals surface area contributed by atoms with Crippen LogP contribution in [0.2, 0.25) is 0 Å². The lowest BCUT2D eigenvalue weighted by molar-refractivity contribution is 0.570. The van der Waals surface area contributed by atoms with Gasteiger partial charge in [-0.3, -0.25) is 0 Å². The molecule has 0 radical (unpaired) electrons. The number of rotatable bonds is 4. The number of anilines is 1. The first-order chi connectivity index (χ1) is 7.76. The molecule has 1 saturated carbocycles. The number of nitrogens with zero attached hydrogens (tertiary/aromatic N) is 2. The standard InChI is InChI=1S/C13H17N3/c1-16(13(9-15)11-4-5-11)12-6-2-10(8-14)3-7-12/h2-3,6-7,11,13H,4-5,9,15H2,1H3. The SMILES string of the molecule is CN(c1ccc(C#N)cc1)C(CN)C1CC1. The molecule has 0 spiro atoms. The second-order valence-electron chi connectivity index (χ2n) is 4.41. The summed E-state index contributed by atoms with van der Waals surface area (Å²) in [5, 5.41) is 8.74. The molecule has 16 heavy (non-hydrogen) atoms. The molecule has 1 aromatic carbocycles. The Bertz CT molecular complexity index is 387. The fraction of sp³-hybridized carbons (Fsp3) is 0.462. The van der Waals surface area contributed by atoms with Crippen LogP contribution in [0.15, 0.2) is 24.3 Å². The molecule has 1 aliphatic carbocycles. The summed E-state index contributed by atoms with van der Waals surface area (Å²) in [5.41, 5.74) is 7.66. The second-order valence-corrected chi connectivity index (χ2v) is 4.41. The average molecular weight is 215 g/mol. The Labute approximate surface area is 96.5 Å². The highest BCUT2D eigenvalue weighted by Gasteiger charge is 2.32. The van der Waals surface area contributed by atoms with Gasteiger partial charge in [0, 0.05) is 25.3 Å². The van der Waals surface area contributed by atoms with Crippen molar-refractivity contribution < 1.29 is 0 Å². The van der Waals surface area contributed by atoms with Crippen LogP contribution in [0.1, 0.15) is 18.4 Å². The highest BCUT2D eigenvalue weighted by atomic mass is 15.2. The van der Waals surface area contributed by atoms with E-state index in [0.29, 0.717) is 18.2 Å². The lowest BCUT2D eigenvalue weighted by atomic mass is 10.1. The Morgan fingerprint density at radius 2 is 2.06 bits per heavy atom. The van der Waals surface area contributed by atoms with Crippen LogP contribution >= 0.6 is 0 Å². The van der Waals surface area contributed by atoms with Gasteiger partial charge in [-0.15, -0.1) is 0 Å². The van der Waals surface area contributed by atoms with E-state index in [1.807, 2.05) is 24.3 Å². The molecule has 0 heterocycles. The zero-order chi connectivity index (χ0) is 11.5. The van der Waals surface area contributed by atoms with Crippen molar-refractivity contribution in [1.29, 1.82) is 5.26 Å². The molecule has 1 fully saturated rings. The van der Waals surface area contributed by atoms with Crippen LogP contribution in [0.3, 0.4) is 0 Å². The molecule has 1 aliphatic rings. The van der Waals surface area contributed by atoms with Crippen LogP contribution < -0.4 is 10.6 Å². The number of likely N-dealkylation sites (N-methyl/N-ethyl adjacent to an activating group) is 1. The second kappa shape index (κ2) is 4.54. The van der Waals surface area contributed by atoms with Gasteiger partial charge in [0.25, 0.3) is 0 Å². The monoisotopic (exact) mass is 215 g/mol. The number of benzene rings is 1. The first kappa shape index (κ1) is 11.0. The molecule has 3 nitrogen and oxygen atoms in total. The minimum absolute atomic E-state index is 0.438. The maximum absolute atomic E-state index is 8.74. The summed E-state index contributed by atoms with van der Waals surface area (Å²) in [4.78, 5) is 2.23. The summed E-state index contributed by atoms with van der Waals surface area (Å²) < 4.78 is 0. The maximum atomic E-state index is 8.74. The van der Waals surface area contributed by atoms with Gasteiger partial charge in [0.1, 0.15) is 0 Å². The molecule has 0 aliphatic heterocycles. The van der Waals surface area contributed by atoms with Crippen molar-refractivity contribution in [3.8, 4) is 6.07 Å². The number of nitriles is 1. The van der Waals surface area contributed by atoms with Crippen molar-refractivity contribution in [1.82, 2.24) is 0 Å². The van der Waals surface area contributed by atoms with Gasteiger partial charge in [-0.25, -0.2) is 0 Å². The summed E-state index contributed by atoms with van der Waals surface area (Å²) in [6.45, 7) is 0.696. The van der Waals surface area contributed by atoms with E-state index in [0.717, 1.165) is 11.6 Å². The summed E-state index contributed by atoms with van der Waals surface area (Å²) in [6.07, 6.45) is 2.59. The molecular formula is C13H17N3. The van der Waals surface area contributed by atoms with Gasteiger partial charge in [-0.1, -0.05) is 0 Å². The smallest absolute Gasteiger partial charge is 0.0991 e. The first-order valence-electron chi connectivity index (χ1n) is 5.69. The fourth-order valence-corrected chi connectivity index (χ4v) is 2.11. The Morgan fingerprint density at radius 3 is 2.50 bits per heavy atom. The molecule has 3 heteroatoms. The normalized spacial score (nSPS) is 16.6. The van der Waals surface area contributed by atoms with Gasteiger partial charge in [-0.2, -0.15) is 5.26 Å². The van der Waals surface area contributed by atoms with Crippen LogP contribution in [0.25, 0.3) is 0 Å². The van der Waals surface area contributed by atoms with Crippen molar-refractivity contribution in [3.63, 3.8) is 0 Å². The van der Waals surface area contributed by atoms with Crippen LogP contribution in [0.5, 0.6) is 0 Å². The Hall–Kier alpha value is -1.53.